The Kier molecular flexibility index (Phi) is 2.94. The monoisotopic (exact) mass is 173 g/mol. The van der Waals surface area contributed by atoms with Crippen molar-refractivity contribution in [3.63, 3.8) is 0 Å². The third-order valence-electron chi connectivity index (χ3n) is 1.94. The fourth-order valence-electron chi connectivity index (χ4n) is 1.21. The molecule has 1 aliphatic rings. The smallest absolute Gasteiger partial charge is 0.241 e. The predicted molar refractivity (Wildman–Crippen MR) is 45.4 cm³/mol. The molecule has 2 nitrogen and oxygen atoms in total. The molecular formula is C8H12ClNO. The lowest BCUT2D eigenvalue weighted by Gasteiger charge is -2.16. The number of rotatable bonds is 2. The molecule has 0 unspecified atom stereocenters. The second-order valence-corrected chi connectivity index (χ2v) is 2.94. The SMILES string of the molecule is CN(C(=O)CCl)C1=CCCC1. The van der Waals surface area contributed by atoms with Gasteiger partial charge < -0.3 is 4.90 Å². The van der Waals surface area contributed by atoms with E-state index in [1.165, 1.54) is 0 Å². The number of hydrogen-bond acceptors (Lipinski definition) is 1. The highest BCUT2D eigenvalue weighted by molar-refractivity contribution is 6.27. The van der Waals surface area contributed by atoms with Gasteiger partial charge in [0.05, 0.1) is 0 Å². The second kappa shape index (κ2) is 3.77. The second-order valence-electron chi connectivity index (χ2n) is 2.67. The van der Waals surface area contributed by atoms with Gasteiger partial charge in [0.25, 0.3) is 0 Å². The van der Waals surface area contributed by atoms with Crippen molar-refractivity contribution in [1.29, 1.82) is 0 Å². The van der Waals surface area contributed by atoms with Crippen molar-refractivity contribution >= 4 is 17.5 Å². The van der Waals surface area contributed by atoms with Crippen molar-refractivity contribution < 1.29 is 4.79 Å². The number of amides is 1. The molecular weight excluding hydrogens is 162 g/mol. The Hall–Kier alpha value is -0.500. The number of carbonyl (C=O) groups excluding carboxylic acids is 1. The van der Waals surface area contributed by atoms with Crippen LogP contribution in [0.4, 0.5) is 0 Å². The summed E-state index contributed by atoms with van der Waals surface area (Å²) in [5, 5.41) is 0. The number of alkyl halides is 1. The van der Waals surface area contributed by atoms with Gasteiger partial charge in [-0.3, -0.25) is 4.79 Å². The number of carbonyl (C=O) groups is 1. The van der Waals surface area contributed by atoms with E-state index in [0.717, 1.165) is 25.0 Å². The van der Waals surface area contributed by atoms with Gasteiger partial charge in [0.2, 0.25) is 5.91 Å². The zero-order valence-electron chi connectivity index (χ0n) is 6.64. The van der Waals surface area contributed by atoms with Crippen molar-refractivity contribution in [1.82, 2.24) is 4.90 Å². The first-order valence-corrected chi connectivity index (χ1v) is 4.30. The first-order valence-electron chi connectivity index (χ1n) is 3.77. The van der Waals surface area contributed by atoms with Gasteiger partial charge in [-0.25, -0.2) is 0 Å². The zero-order valence-corrected chi connectivity index (χ0v) is 7.40. The Morgan fingerprint density at radius 2 is 2.55 bits per heavy atom. The molecule has 0 radical (unpaired) electrons. The highest BCUT2D eigenvalue weighted by atomic mass is 35.5. The van der Waals surface area contributed by atoms with E-state index in [4.69, 9.17) is 11.6 Å². The Labute approximate surface area is 71.8 Å². The third-order valence-corrected chi connectivity index (χ3v) is 2.16. The largest absolute Gasteiger partial charge is 0.319 e. The Bertz CT molecular complexity index is 189. The number of hydrogen-bond donors (Lipinski definition) is 0. The summed E-state index contributed by atoms with van der Waals surface area (Å²) in [7, 11) is 1.78. The van der Waals surface area contributed by atoms with E-state index in [1.54, 1.807) is 11.9 Å². The minimum absolute atomic E-state index is 0.0141. The molecule has 1 rings (SSSR count). The molecule has 1 aliphatic carbocycles. The summed E-state index contributed by atoms with van der Waals surface area (Å²) >= 11 is 5.41. The van der Waals surface area contributed by atoms with Crippen molar-refractivity contribution in [3.8, 4) is 0 Å². The molecule has 0 saturated heterocycles. The van der Waals surface area contributed by atoms with Gasteiger partial charge in [-0.05, 0) is 19.3 Å². The molecule has 0 aromatic carbocycles. The molecule has 0 atom stereocenters. The minimum Gasteiger partial charge on any atom is -0.319 e. The average Bonchev–Trinajstić information content (AvgIpc) is 2.53. The highest BCUT2D eigenvalue weighted by Gasteiger charge is 2.14. The lowest BCUT2D eigenvalue weighted by Crippen LogP contribution is -2.26. The lowest BCUT2D eigenvalue weighted by molar-refractivity contribution is -0.125. The fourth-order valence-corrected chi connectivity index (χ4v) is 1.39. The molecule has 11 heavy (non-hydrogen) atoms. The number of halogens is 1. The molecule has 0 fully saturated rings. The Morgan fingerprint density at radius 3 is 3.00 bits per heavy atom. The quantitative estimate of drug-likeness (QED) is 0.583. The maximum absolute atomic E-state index is 11.1. The van der Waals surface area contributed by atoms with Crippen LogP contribution in [-0.4, -0.2) is 23.7 Å². The molecule has 0 saturated carbocycles. The molecule has 0 aromatic heterocycles. The fraction of sp³-hybridized carbons (Fsp3) is 0.625. The summed E-state index contributed by atoms with van der Waals surface area (Å²) < 4.78 is 0. The van der Waals surface area contributed by atoms with Gasteiger partial charge in [-0.1, -0.05) is 6.08 Å². The number of nitrogens with zero attached hydrogens (tertiary/aromatic N) is 1. The Balaban J connectivity index is 2.52. The Morgan fingerprint density at radius 1 is 1.82 bits per heavy atom. The van der Waals surface area contributed by atoms with Crippen LogP contribution in [0.3, 0.4) is 0 Å². The first kappa shape index (κ1) is 8.60. The van der Waals surface area contributed by atoms with Crippen molar-refractivity contribution in [2.75, 3.05) is 12.9 Å². The van der Waals surface area contributed by atoms with Gasteiger partial charge >= 0.3 is 0 Å². The average molecular weight is 174 g/mol. The van der Waals surface area contributed by atoms with Gasteiger partial charge in [-0.15, -0.1) is 11.6 Å². The summed E-state index contributed by atoms with van der Waals surface area (Å²) in [4.78, 5) is 12.7. The lowest BCUT2D eigenvalue weighted by atomic mass is 10.3. The van der Waals surface area contributed by atoms with E-state index in [0.29, 0.717) is 0 Å². The summed E-state index contributed by atoms with van der Waals surface area (Å²) in [5.74, 6) is 0.0632. The van der Waals surface area contributed by atoms with Crippen LogP contribution in [-0.2, 0) is 4.79 Å². The van der Waals surface area contributed by atoms with E-state index in [1.807, 2.05) is 0 Å². The molecule has 3 heteroatoms. The molecule has 1 amide bonds. The van der Waals surface area contributed by atoms with Crippen molar-refractivity contribution in [3.05, 3.63) is 11.8 Å². The highest BCUT2D eigenvalue weighted by Crippen LogP contribution is 2.20. The molecule has 0 aromatic rings. The topological polar surface area (TPSA) is 20.3 Å². The van der Waals surface area contributed by atoms with Crippen molar-refractivity contribution in [2.45, 2.75) is 19.3 Å². The van der Waals surface area contributed by atoms with Gasteiger partial charge in [0.1, 0.15) is 5.88 Å². The van der Waals surface area contributed by atoms with Crippen LogP contribution in [0.2, 0.25) is 0 Å². The van der Waals surface area contributed by atoms with Crippen LogP contribution in [0.1, 0.15) is 19.3 Å². The van der Waals surface area contributed by atoms with Crippen LogP contribution in [0.15, 0.2) is 11.8 Å². The van der Waals surface area contributed by atoms with Crippen molar-refractivity contribution in [2.24, 2.45) is 0 Å². The molecule has 0 N–H and O–H groups in total. The third kappa shape index (κ3) is 1.96. The zero-order chi connectivity index (χ0) is 8.27. The summed E-state index contributed by atoms with van der Waals surface area (Å²) in [6.45, 7) is 0. The summed E-state index contributed by atoms with van der Waals surface area (Å²) in [5.41, 5.74) is 1.12. The van der Waals surface area contributed by atoms with E-state index >= 15 is 0 Å². The summed E-state index contributed by atoms with van der Waals surface area (Å²) in [6, 6.07) is 0. The first-order chi connectivity index (χ1) is 5.25. The molecule has 0 spiro atoms. The van der Waals surface area contributed by atoms with Gasteiger partial charge in [0.15, 0.2) is 0 Å². The molecule has 0 aliphatic heterocycles. The standard InChI is InChI=1S/C8H12ClNO/c1-10(8(11)6-9)7-4-2-3-5-7/h4H,2-3,5-6H2,1H3. The maximum atomic E-state index is 11.1. The van der Waals surface area contributed by atoms with Gasteiger partial charge in [-0.2, -0.15) is 0 Å². The molecule has 62 valence electrons. The predicted octanol–water partition coefficient (Wildman–Crippen LogP) is 1.75. The normalized spacial score (nSPS) is 16.4. The van der Waals surface area contributed by atoms with E-state index < -0.39 is 0 Å². The van der Waals surface area contributed by atoms with Crippen LogP contribution in [0.5, 0.6) is 0 Å². The van der Waals surface area contributed by atoms with Crippen LogP contribution in [0, 0.1) is 0 Å². The molecule has 0 bridgehead atoms. The maximum Gasteiger partial charge on any atom is 0.241 e. The molecule has 0 heterocycles. The minimum atomic E-state index is -0.0141. The van der Waals surface area contributed by atoms with E-state index in [2.05, 4.69) is 6.08 Å². The number of allylic oxidation sites excluding steroid dienone is 2. The van der Waals surface area contributed by atoms with Crippen LogP contribution in [0.25, 0.3) is 0 Å². The van der Waals surface area contributed by atoms with Crippen LogP contribution >= 0.6 is 11.6 Å². The van der Waals surface area contributed by atoms with E-state index in [9.17, 15) is 4.79 Å². The van der Waals surface area contributed by atoms with Gasteiger partial charge in [0, 0.05) is 12.7 Å². The summed E-state index contributed by atoms with van der Waals surface area (Å²) in [6.07, 6.45) is 5.37. The van der Waals surface area contributed by atoms with Crippen LogP contribution < -0.4 is 0 Å². The van der Waals surface area contributed by atoms with E-state index in [-0.39, 0.29) is 11.8 Å².